The fraction of sp³-hybridized carbons (Fsp3) is 0.500. The first-order valence-electron chi connectivity index (χ1n) is 9.29. The molecule has 0 unspecified atom stereocenters. The SMILES string of the molecule is Cc1nc(N2CCC3(CCC[C@H]3N)CC2)cnc1-c1cccc(Cl)c1Cl. The number of nitrogens with zero attached hydrogens (tertiary/aromatic N) is 3. The molecule has 1 aliphatic heterocycles. The molecule has 1 saturated heterocycles. The van der Waals surface area contributed by atoms with Gasteiger partial charge in [-0.25, -0.2) is 4.98 Å². The highest BCUT2D eigenvalue weighted by Gasteiger charge is 2.43. The van der Waals surface area contributed by atoms with Crippen LogP contribution in [0.2, 0.25) is 10.0 Å². The molecule has 1 saturated carbocycles. The van der Waals surface area contributed by atoms with Crippen molar-refractivity contribution in [3.05, 3.63) is 40.1 Å². The molecule has 4 nitrogen and oxygen atoms in total. The lowest BCUT2D eigenvalue weighted by Crippen LogP contribution is -2.47. The van der Waals surface area contributed by atoms with Gasteiger partial charge in [-0.2, -0.15) is 0 Å². The van der Waals surface area contributed by atoms with E-state index in [1.807, 2.05) is 25.3 Å². The van der Waals surface area contributed by atoms with Gasteiger partial charge in [0.05, 0.1) is 27.6 Å². The van der Waals surface area contributed by atoms with E-state index in [1.165, 1.54) is 19.3 Å². The number of halogens is 2. The molecular weight excluding hydrogens is 367 g/mol. The van der Waals surface area contributed by atoms with E-state index in [0.29, 0.717) is 21.5 Å². The third-order valence-corrected chi connectivity index (χ3v) is 7.02. The average molecular weight is 391 g/mol. The summed E-state index contributed by atoms with van der Waals surface area (Å²) in [6, 6.07) is 5.96. The van der Waals surface area contributed by atoms with E-state index < -0.39 is 0 Å². The van der Waals surface area contributed by atoms with Gasteiger partial charge in [-0.1, -0.05) is 41.8 Å². The molecule has 2 N–H and O–H groups in total. The molecule has 1 aliphatic carbocycles. The van der Waals surface area contributed by atoms with Crippen molar-refractivity contribution < 1.29 is 0 Å². The molecule has 1 atom stereocenters. The zero-order valence-corrected chi connectivity index (χ0v) is 16.5. The predicted octanol–water partition coefficient (Wildman–Crippen LogP) is 4.86. The Bertz CT molecular complexity index is 815. The molecule has 1 aromatic heterocycles. The van der Waals surface area contributed by atoms with Crippen LogP contribution in [0.15, 0.2) is 24.4 Å². The van der Waals surface area contributed by atoms with Crippen LogP contribution in [-0.4, -0.2) is 29.1 Å². The summed E-state index contributed by atoms with van der Waals surface area (Å²) >= 11 is 12.5. The lowest BCUT2D eigenvalue weighted by molar-refractivity contribution is 0.197. The van der Waals surface area contributed by atoms with Gasteiger partial charge in [-0.05, 0) is 44.1 Å². The van der Waals surface area contributed by atoms with Gasteiger partial charge >= 0.3 is 0 Å². The number of benzene rings is 1. The summed E-state index contributed by atoms with van der Waals surface area (Å²) in [6.07, 6.45) is 7.88. The quantitative estimate of drug-likeness (QED) is 0.795. The number of rotatable bonds is 2. The third-order valence-electron chi connectivity index (χ3n) is 6.20. The van der Waals surface area contributed by atoms with Gasteiger partial charge in [-0.3, -0.25) is 4.98 Å². The molecule has 1 spiro atoms. The minimum absolute atomic E-state index is 0.354. The molecule has 0 amide bonds. The van der Waals surface area contributed by atoms with Crippen LogP contribution in [0.25, 0.3) is 11.3 Å². The number of hydrogen-bond donors (Lipinski definition) is 1. The molecule has 0 radical (unpaired) electrons. The van der Waals surface area contributed by atoms with Crippen LogP contribution in [0.4, 0.5) is 5.82 Å². The summed E-state index contributed by atoms with van der Waals surface area (Å²) < 4.78 is 0. The summed E-state index contributed by atoms with van der Waals surface area (Å²) in [6.45, 7) is 3.97. The minimum atomic E-state index is 0.354. The van der Waals surface area contributed by atoms with Crippen LogP contribution < -0.4 is 10.6 Å². The maximum atomic E-state index is 6.39. The number of aromatic nitrogens is 2. The van der Waals surface area contributed by atoms with E-state index in [9.17, 15) is 0 Å². The normalized spacial score (nSPS) is 22.2. The van der Waals surface area contributed by atoms with Crippen molar-refractivity contribution in [2.24, 2.45) is 11.1 Å². The predicted molar refractivity (Wildman–Crippen MR) is 108 cm³/mol. The molecule has 2 aliphatic rings. The fourth-order valence-corrected chi connectivity index (χ4v) is 4.93. The molecule has 138 valence electrons. The van der Waals surface area contributed by atoms with E-state index in [1.54, 1.807) is 6.07 Å². The Morgan fingerprint density at radius 1 is 1.19 bits per heavy atom. The van der Waals surface area contributed by atoms with Gasteiger partial charge in [0, 0.05) is 24.7 Å². The van der Waals surface area contributed by atoms with Crippen molar-refractivity contribution in [2.75, 3.05) is 18.0 Å². The van der Waals surface area contributed by atoms with Gasteiger partial charge in [0.25, 0.3) is 0 Å². The van der Waals surface area contributed by atoms with E-state index in [0.717, 1.165) is 48.7 Å². The maximum absolute atomic E-state index is 6.39. The highest BCUT2D eigenvalue weighted by atomic mass is 35.5. The van der Waals surface area contributed by atoms with Gasteiger partial charge < -0.3 is 10.6 Å². The van der Waals surface area contributed by atoms with Crippen LogP contribution in [0.1, 0.15) is 37.8 Å². The monoisotopic (exact) mass is 390 g/mol. The second-order valence-corrected chi connectivity index (χ2v) is 8.40. The topological polar surface area (TPSA) is 55.0 Å². The van der Waals surface area contributed by atoms with Crippen molar-refractivity contribution in [1.29, 1.82) is 0 Å². The van der Waals surface area contributed by atoms with Crippen LogP contribution in [0.3, 0.4) is 0 Å². The Morgan fingerprint density at radius 2 is 1.96 bits per heavy atom. The van der Waals surface area contributed by atoms with Crippen LogP contribution in [-0.2, 0) is 0 Å². The summed E-state index contributed by atoms with van der Waals surface area (Å²) in [7, 11) is 0. The Morgan fingerprint density at radius 3 is 2.62 bits per heavy atom. The van der Waals surface area contributed by atoms with Gasteiger partial charge in [-0.15, -0.1) is 0 Å². The van der Waals surface area contributed by atoms with Crippen molar-refractivity contribution >= 4 is 29.0 Å². The van der Waals surface area contributed by atoms with Crippen LogP contribution in [0.5, 0.6) is 0 Å². The summed E-state index contributed by atoms with van der Waals surface area (Å²) in [5.74, 6) is 0.936. The van der Waals surface area contributed by atoms with Crippen molar-refractivity contribution in [2.45, 2.75) is 45.1 Å². The summed E-state index contributed by atoms with van der Waals surface area (Å²) in [5, 5.41) is 1.05. The molecule has 6 heteroatoms. The second-order valence-electron chi connectivity index (χ2n) is 7.61. The molecular formula is C20H24Cl2N4. The molecule has 0 bridgehead atoms. The first kappa shape index (κ1) is 18.0. The number of piperidine rings is 1. The Balaban J connectivity index is 1.55. The lowest BCUT2D eigenvalue weighted by Gasteiger charge is -2.42. The zero-order valence-electron chi connectivity index (χ0n) is 15.0. The van der Waals surface area contributed by atoms with Crippen molar-refractivity contribution in [3.63, 3.8) is 0 Å². The van der Waals surface area contributed by atoms with Crippen molar-refractivity contribution in [1.82, 2.24) is 9.97 Å². The Hall–Kier alpha value is -1.36. The molecule has 4 rings (SSSR count). The van der Waals surface area contributed by atoms with Gasteiger partial charge in [0.15, 0.2) is 0 Å². The number of aryl methyl sites for hydroxylation is 1. The van der Waals surface area contributed by atoms with Gasteiger partial charge in [0.1, 0.15) is 5.82 Å². The highest BCUT2D eigenvalue weighted by Crippen LogP contribution is 2.46. The minimum Gasteiger partial charge on any atom is -0.355 e. The molecule has 2 fully saturated rings. The average Bonchev–Trinajstić information content (AvgIpc) is 2.98. The van der Waals surface area contributed by atoms with E-state index in [4.69, 9.17) is 33.9 Å². The standard InChI is InChI=1S/C20H24Cl2N4/c1-13-19(14-4-2-5-15(21)18(14)22)24-12-17(25-13)26-10-8-20(9-11-26)7-3-6-16(20)23/h2,4-5,12,16H,3,6-11,23H2,1H3/t16-/m1/s1. The maximum Gasteiger partial charge on any atom is 0.147 e. The number of nitrogens with two attached hydrogens (primary N) is 1. The van der Waals surface area contributed by atoms with E-state index in [2.05, 4.69) is 9.88 Å². The van der Waals surface area contributed by atoms with Crippen molar-refractivity contribution in [3.8, 4) is 11.3 Å². The number of hydrogen-bond acceptors (Lipinski definition) is 4. The fourth-order valence-electron chi connectivity index (χ4n) is 4.54. The first-order valence-corrected chi connectivity index (χ1v) is 10.0. The Labute approximate surface area is 164 Å². The largest absolute Gasteiger partial charge is 0.355 e. The van der Waals surface area contributed by atoms with Crippen LogP contribution in [0, 0.1) is 12.3 Å². The third kappa shape index (κ3) is 3.08. The smallest absolute Gasteiger partial charge is 0.147 e. The second kappa shape index (κ2) is 6.99. The molecule has 2 heterocycles. The first-order chi connectivity index (χ1) is 12.5. The summed E-state index contributed by atoms with van der Waals surface area (Å²) in [4.78, 5) is 11.8. The zero-order chi connectivity index (χ0) is 18.3. The lowest BCUT2D eigenvalue weighted by atomic mass is 9.74. The number of anilines is 1. The van der Waals surface area contributed by atoms with E-state index >= 15 is 0 Å². The summed E-state index contributed by atoms with van der Waals surface area (Å²) in [5.41, 5.74) is 9.22. The van der Waals surface area contributed by atoms with E-state index in [-0.39, 0.29) is 0 Å². The Kier molecular flexibility index (Phi) is 4.84. The molecule has 2 aromatic rings. The molecule has 1 aromatic carbocycles. The van der Waals surface area contributed by atoms with Gasteiger partial charge in [0.2, 0.25) is 0 Å². The highest BCUT2D eigenvalue weighted by molar-refractivity contribution is 6.43. The molecule has 26 heavy (non-hydrogen) atoms. The van der Waals surface area contributed by atoms with Crippen LogP contribution >= 0.6 is 23.2 Å².